The number of aliphatic hydroxyl groups excluding tert-OH is 4. The number of hydrogen-bond acceptors (Lipinski definition) is 7. The molecular weight excluding hydrogens is 424 g/mol. The molecule has 5 rings (SSSR count). The van der Waals surface area contributed by atoms with Crippen LogP contribution in [0.5, 0.6) is 0 Å². The van der Waals surface area contributed by atoms with Crippen LogP contribution in [0, 0.1) is 34.0 Å². The summed E-state index contributed by atoms with van der Waals surface area (Å²) in [5, 5.41) is 40.0. The van der Waals surface area contributed by atoms with E-state index in [1.54, 1.807) is 5.57 Å². The van der Waals surface area contributed by atoms with Gasteiger partial charge in [-0.05, 0) is 87.4 Å². The summed E-state index contributed by atoms with van der Waals surface area (Å²) < 4.78 is 11.2. The summed E-state index contributed by atoms with van der Waals surface area (Å²) in [6.07, 6.45) is 4.06. The molecule has 4 aliphatic carbocycles. The maximum Gasteiger partial charge on any atom is 0.314 e. The highest BCUT2D eigenvalue weighted by molar-refractivity contribution is 5.77. The van der Waals surface area contributed by atoms with Crippen LogP contribution in [0.2, 0.25) is 0 Å². The normalized spacial score (nSPS) is 53.6. The Morgan fingerprint density at radius 2 is 1.82 bits per heavy atom. The number of rotatable bonds is 3. The van der Waals surface area contributed by atoms with Crippen molar-refractivity contribution < 1.29 is 34.7 Å². The van der Waals surface area contributed by atoms with Crippen molar-refractivity contribution in [2.24, 2.45) is 34.0 Å². The number of carbonyl (C=O) groups excluding carboxylic acids is 1. The van der Waals surface area contributed by atoms with Crippen LogP contribution in [0.3, 0.4) is 0 Å². The van der Waals surface area contributed by atoms with E-state index in [0.717, 1.165) is 38.0 Å². The SMILES string of the molecule is CC1=C[C@]23CC[C@@H]4[C@](C)(CCC[C@@]4(C)C(=O)O[C@@H]4O[C@H](CO)[C@@H](O)[C@H](O)[C@H]4O)[C@H]2CC[C@H]1C3. The molecule has 1 spiro atoms. The first kappa shape index (κ1) is 23.7. The number of allylic oxidation sites excluding steroid dienone is 2. The smallest absolute Gasteiger partial charge is 0.314 e. The number of hydrogen-bond donors (Lipinski definition) is 4. The average molecular weight is 465 g/mol. The van der Waals surface area contributed by atoms with Gasteiger partial charge in [0.25, 0.3) is 0 Å². The molecule has 0 aromatic carbocycles. The van der Waals surface area contributed by atoms with Gasteiger partial charge in [-0.3, -0.25) is 4.79 Å². The lowest BCUT2D eigenvalue weighted by Gasteiger charge is -2.63. The van der Waals surface area contributed by atoms with Crippen molar-refractivity contribution in [3.63, 3.8) is 0 Å². The quantitative estimate of drug-likeness (QED) is 0.374. The second-order valence-electron chi connectivity index (χ2n) is 12.1. The molecule has 0 aromatic rings. The minimum absolute atomic E-state index is 0.0474. The lowest BCUT2D eigenvalue weighted by Crippen LogP contribution is -2.61. The van der Waals surface area contributed by atoms with Crippen molar-refractivity contribution in [1.82, 2.24) is 0 Å². The third-order valence-electron chi connectivity index (χ3n) is 10.5. The highest BCUT2D eigenvalue weighted by Gasteiger charge is 2.64. The van der Waals surface area contributed by atoms with Crippen molar-refractivity contribution in [2.75, 3.05) is 6.61 Å². The molecular formula is C26H40O7. The van der Waals surface area contributed by atoms with E-state index in [1.807, 2.05) is 6.92 Å². The Hall–Kier alpha value is -0.990. The predicted octanol–water partition coefficient (Wildman–Crippen LogP) is 2.30. The fourth-order valence-electron chi connectivity index (χ4n) is 8.85. The summed E-state index contributed by atoms with van der Waals surface area (Å²) in [6.45, 7) is 6.14. The maximum atomic E-state index is 13.7. The van der Waals surface area contributed by atoms with Crippen LogP contribution in [0.4, 0.5) is 0 Å². The van der Waals surface area contributed by atoms with Gasteiger partial charge in [-0.25, -0.2) is 0 Å². The van der Waals surface area contributed by atoms with Gasteiger partial charge in [0.15, 0.2) is 0 Å². The van der Waals surface area contributed by atoms with Crippen LogP contribution in [0.25, 0.3) is 0 Å². The minimum atomic E-state index is -1.57. The highest BCUT2D eigenvalue weighted by atomic mass is 16.7. The van der Waals surface area contributed by atoms with E-state index in [1.165, 1.54) is 19.3 Å². The second-order valence-corrected chi connectivity index (χ2v) is 12.1. The molecule has 1 aliphatic heterocycles. The lowest BCUT2D eigenvalue weighted by atomic mass is 9.41. The summed E-state index contributed by atoms with van der Waals surface area (Å²) in [6, 6.07) is 0. The summed E-state index contributed by atoms with van der Waals surface area (Å²) in [5.74, 6) is 1.06. The third kappa shape index (κ3) is 3.37. The Balaban J connectivity index is 1.39. The molecule has 3 saturated carbocycles. The van der Waals surface area contributed by atoms with Crippen molar-refractivity contribution in [3.8, 4) is 0 Å². The number of esters is 1. The Morgan fingerprint density at radius 1 is 1.06 bits per heavy atom. The van der Waals surface area contributed by atoms with E-state index < -0.39 is 48.7 Å². The Bertz CT molecular complexity index is 825. The van der Waals surface area contributed by atoms with E-state index in [2.05, 4.69) is 19.9 Å². The van der Waals surface area contributed by atoms with Gasteiger partial charge in [-0.2, -0.15) is 0 Å². The molecule has 1 saturated heterocycles. The molecule has 7 nitrogen and oxygen atoms in total. The molecule has 1 heterocycles. The Labute approximate surface area is 196 Å². The number of aliphatic hydroxyl groups is 4. The second kappa shape index (κ2) is 8.02. The van der Waals surface area contributed by atoms with Gasteiger partial charge in [0.1, 0.15) is 24.4 Å². The van der Waals surface area contributed by atoms with Crippen LogP contribution in [-0.2, 0) is 14.3 Å². The van der Waals surface area contributed by atoms with Crippen molar-refractivity contribution in [3.05, 3.63) is 11.6 Å². The first-order chi connectivity index (χ1) is 15.6. The van der Waals surface area contributed by atoms with E-state index in [-0.39, 0.29) is 16.7 Å². The first-order valence-electron chi connectivity index (χ1n) is 12.8. The monoisotopic (exact) mass is 464 g/mol. The highest BCUT2D eigenvalue weighted by Crippen LogP contribution is 2.70. The van der Waals surface area contributed by atoms with E-state index in [9.17, 15) is 25.2 Å². The van der Waals surface area contributed by atoms with Crippen LogP contribution in [0.1, 0.15) is 72.1 Å². The average Bonchev–Trinajstić information content (AvgIpc) is 3.01. The fraction of sp³-hybridized carbons (Fsp3) is 0.885. The molecule has 2 bridgehead atoms. The molecule has 4 fully saturated rings. The standard InChI is InChI=1S/C26H40O7/c1-14-11-26-10-7-17-24(2,18(26)6-5-15(14)12-26)8-4-9-25(17,3)23(31)33-22-21(30)20(29)19(28)16(13-27)32-22/h11,15-22,27-30H,4-10,12-13H2,1-3H3/t15-,16+,17+,18+,19+,20-,21+,22-,24-,25+,26-/m0/s1. The summed E-state index contributed by atoms with van der Waals surface area (Å²) >= 11 is 0. The predicted molar refractivity (Wildman–Crippen MR) is 120 cm³/mol. The molecule has 11 atom stereocenters. The zero-order valence-corrected chi connectivity index (χ0v) is 20.1. The van der Waals surface area contributed by atoms with Gasteiger partial charge in [0.05, 0.1) is 12.0 Å². The first-order valence-corrected chi connectivity index (χ1v) is 12.8. The molecule has 0 aromatic heterocycles. The molecule has 0 amide bonds. The van der Waals surface area contributed by atoms with E-state index in [4.69, 9.17) is 9.47 Å². The maximum absolute atomic E-state index is 13.7. The third-order valence-corrected chi connectivity index (χ3v) is 10.5. The van der Waals surface area contributed by atoms with Gasteiger partial charge >= 0.3 is 5.97 Å². The van der Waals surface area contributed by atoms with Gasteiger partial charge < -0.3 is 29.9 Å². The summed E-state index contributed by atoms with van der Waals surface area (Å²) in [5.41, 5.74) is 1.17. The Kier molecular flexibility index (Phi) is 5.77. The minimum Gasteiger partial charge on any atom is -0.432 e. The topological polar surface area (TPSA) is 116 Å². The van der Waals surface area contributed by atoms with Crippen molar-refractivity contribution in [1.29, 1.82) is 0 Å². The number of ether oxygens (including phenoxy) is 2. The molecule has 7 heteroatoms. The molecule has 33 heavy (non-hydrogen) atoms. The Morgan fingerprint density at radius 3 is 2.55 bits per heavy atom. The van der Waals surface area contributed by atoms with E-state index >= 15 is 0 Å². The van der Waals surface area contributed by atoms with Crippen molar-refractivity contribution >= 4 is 5.97 Å². The summed E-state index contributed by atoms with van der Waals surface area (Å²) in [7, 11) is 0. The molecule has 0 radical (unpaired) electrons. The number of fused-ring (bicyclic) bond motifs is 3. The van der Waals surface area contributed by atoms with Gasteiger partial charge in [-0.1, -0.05) is 25.0 Å². The molecule has 4 N–H and O–H groups in total. The van der Waals surface area contributed by atoms with Crippen LogP contribution in [0.15, 0.2) is 11.6 Å². The van der Waals surface area contributed by atoms with Crippen LogP contribution < -0.4 is 0 Å². The molecule has 0 unspecified atom stereocenters. The van der Waals surface area contributed by atoms with Crippen LogP contribution >= 0.6 is 0 Å². The van der Waals surface area contributed by atoms with Gasteiger partial charge in [-0.15, -0.1) is 0 Å². The molecule has 186 valence electrons. The lowest BCUT2D eigenvalue weighted by molar-refractivity contribution is -0.297. The van der Waals surface area contributed by atoms with Gasteiger partial charge in [0.2, 0.25) is 6.29 Å². The largest absolute Gasteiger partial charge is 0.432 e. The molecule has 5 aliphatic rings. The van der Waals surface area contributed by atoms with E-state index in [0.29, 0.717) is 5.92 Å². The van der Waals surface area contributed by atoms with Crippen molar-refractivity contribution in [2.45, 2.75) is 103 Å². The fourth-order valence-corrected chi connectivity index (χ4v) is 8.85. The van der Waals surface area contributed by atoms with Crippen LogP contribution in [-0.4, -0.2) is 63.7 Å². The number of carbonyl (C=O) groups is 1. The van der Waals surface area contributed by atoms with Gasteiger partial charge in [0, 0.05) is 0 Å². The summed E-state index contributed by atoms with van der Waals surface area (Å²) in [4.78, 5) is 13.7. The zero-order valence-electron chi connectivity index (χ0n) is 20.1. The zero-order chi connectivity index (χ0) is 23.8.